The van der Waals surface area contributed by atoms with Crippen molar-refractivity contribution in [1.29, 1.82) is 0 Å². The fourth-order valence-electron chi connectivity index (χ4n) is 3.15. The summed E-state index contributed by atoms with van der Waals surface area (Å²) < 4.78 is 6.04. The average Bonchev–Trinajstić information content (AvgIpc) is 3.01. The van der Waals surface area contributed by atoms with Gasteiger partial charge >= 0.3 is 0 Å². The Labute approximate surface area is 155 Å². The zero-order valence-corrected chi connectivity index (χ0v) is 15.8. The first-order valence-corrected chi connectivity index (χ1v) is 8.53. The molecule has 2 heterocycles. The number of benzene rings is 1. The number of hydrogen-bond donors (Lipinski definition) is 2. The highest BCUT2D eigenvalue weighted by Gasteiger charge is 2.21. The second-order valence-electron chi connectivity index (χ2n) is 6.30. The topological polar surface area (TPSA) is 49.9 Å². The maximum absolute atomic E-state index is 6.04. The summed E-state index contributed by atoms with van der Waals surface area (Å²) in [6, 6.07) is 12.6. The third kappa shape index (κ3) is 4.33. The van der Waals surface area contributed by atoms with E-state index in [2.05, 4.69) is 51.8 Å². The van der Waals surface area contributed by atoms with Crippen molar-refractivity contribution in [2.24, 2.45) is 0 Å². The van der Waals surface area contributed by atoms with E-state index in [1.165, 1.54) is 11.1 Å². The molecule has 0 aliphatic heterocycles. The molecular formula is C20H26ClN3O. The Hall–Kier alpha value is -2.04. The van der Waals surface area contributed by atoms with Crippen LogP contribution in [0, 0.1) is 0 Å². The van der Waals surface area contributed by atoms with E-state index in [0.717, 1.165) is 29.7 Å². The molecule has 0 saturated heterocycles. The molecule has 0 saturated carbocycles. The number of H-pyrrole nitrogens is 1. The van der Waals surface area contributed by atoms with E-state index in [0.29, 0.717) is 5.92 Å². The summed E-state index contributed by atoms with van der Waals surface area (Å²) in [5, 5.41) is 4.36. The Balaban J connectivity index is 0.00000225. The average molecular weight is 360 g/mol. The minimum absolute atomic E-state index is 0. The van der Waals surface area contributed by atoms with Gasteiger partial charge in [-0.3, -0.25) is 0 Å². The van der Waals surface area contributed by atoms with Gasteiger partial charge in [0, 0.05) is 18.3 Å². The van der Waals surface area contributed by atoms with E-state index in [-0.39, 0.29) is 18.5 Å². The molecule has 4 nitrogen and oxygen atoms in total. The summed E-state index contributed by atoms with van der Waals surface area (Å²) in [5.41, 5.74) is 3.44. The molecule has 134 valence electrons. The van der Waals surface area contributed by atoms with Crippen LogP contribution in [0.1, 0.15) is 37.3 Å². The second kappa shape index (κ2) is 8.88. The van der Waals surface area contributed by atoms with Crippen LogP contribution in [0.5, 0.6) is 5.75 Å². The van der Waals surface area contributed by atoms with Crippen LogP contribution in [-0.2, 0) is 0 Å². The monoisotopic (exact) mass is 359 g/mol. The lowest BCUT2D eigenvalue weighted by Crippen LogP contribution is -2.13. The Kier molecular flexibility index (Phi) is 6.85. The van der Waals surface area contributed by atoms with Gasteiger partial charge in [0.05, 0.1) is 11.5 Å². The van der Waals surface area contributed by atoms with E-state index in [9.17, 15) is 0 Å². The summed E-state index contributed by atoms with van der Waals surface area (Å²) in [4.78, 5) is 7.79. The largest absolute Gasteiger partial charge is 0.490 e. The van der Waals surface area contributed by atoms with Gasteiger partial charge in [0.1, 0.15) is 11.4 Å². The quantitative estimate of drug-likeness (QED) is 0.652. The number of fused-ring (bicyclic) bond motifs is 1. The molecule has 1 atom stereocenters. The van der Waals surface area contributed by atoms with Gasteiger partial charge in [-0.05, 0) is 51.1 Å². The molecule has 3 rings (SSSR count). The molecule has 2 N–H and O–H groups in total. The number of nitrogens with one attached hydrogen (secondary N) is 2. The Morgan fingerprint density at radius 3 is 2.60 bits per heavy atom. The third-order valence-electron chi connectivity index (χ3n) is 4.19. The van der Waals surface area contributed by atoms with Crippen molar-refractivity contribution in [2.75, 3.05) is 13.6 Å². The maximum Gasteiger partial charge on any atom is 0.141 e. The standard InChI is InChI=1S/C20H25N3O.ClH/c1-14(2)24-18-10-12-22-20-19(18)17(13-23-20)16(9-11-21-3)15-7-5-4-6-8-15;/h4-8,10,12-14,16,21H,9,11H2,1-3H3,(H,22,23);1H. The summed E-state index contributed by atoms with van der Waals surface area (Å²) in [5.74, 6) is 1.20. The number of pyridine rings is 1. The van der Waals surface area contributed by atoms with Crippen LogP contribution in [0.4, 0.5) is 0 Å². The number of rotatable bonds is 7. The SMILES string of the molecule is CNCCC(c1ccccc1)c1c[nH]c2nccc(OC(C)C)c12.Cl. The van der Waals surface area contributed by atoms with Crippen LogP contribution in [0.25, 0.3) is 11.0 Å². The predicted molar refractivity (Wildman–Crippen MR) is 106 cm³/mol. The predicted octanol–water partition coefficient (Wildman–Crippen LogP) is 4.51. The highest BCUT2D eigenvalue weighted by atomic mass is 35.5. The molecule has 0 spiro atoms. The van der Waals surface area contributed by atoms with Crippen LogP contribution in [-0.4, -0.2) is 29.7 Å². The number of halogens is 1. The highest BCUT2D eigenvalue weighted by molar-refractivity contribution is 5.87. The minimum atomic E-state index is 0. The highest BCUT2D eigenvalue weighted by Crippen LogP contribution is 2.37. The summed E-state index contributed by atoms with van der Waals surface area (Å²) in [6.07, 6.45) is 5.03. The molecule has 0 aliphatic rings. The summed E-state index contributed by atoms with van der Waals surface area (Å²) >= 11 is 0. The van der Waals surface area contributed by atoms with E-state index in [1.54, 1.807) is 6.20 Å². The summed E-state index contributed by atoms with van der Waals surface area (Å²) in [6.45, 7) is 5.05. The van der Waals surface area contributed by atoms with Gasteiger partial charge in [-0.15, -0.1) is 12.4 Å². The van der Waals surface area contributed by atoms with Crippen molar-refractivity contribution in [3.05, 3.63) is 59.9 Å². The first-order valence-electron chi connectivity index (χ1n) is 8.53. The molecule has 1 unspecified atom stereocenters. The molecule has 25 heavy (non-hydrogen) atoms. The number of aromatic amines is 1. The van der Waals surface area contributed by atoms with Gasteiger partial charge in [-0.25, -0.2) is 4.98 Å². The van der Waals surface area contributed by atoms with Gasteiger partial charge in [0.2, 0.25) is 0 Å². The van der Waals surface area contributed by atoms with E-state index in [1.807, 2.05) is 27.0 Å². The zero-order chi connectivity index (χ0) is 16.9. The number of aromatic nitrogens is 2. The maximum atomic E-state index is 6.04. The minimum Gasteiger partial charge on any atom is -0.490 e. The van der Waals surface area contributed by atoms with Gasteiger partial charge in [0.15, 0.2) is 0 Å². The molecular weight excluding hydrogens is 334 g/mol. The lowest BCUT2D eigenvalue weighted by molar-refractivity contribution is 0.245. The molecule has 0 fully saturated rings. The molecule has 2 aromatic heterocycles. The fourth-order valence-corrected chi connectivity index (χ4v) is 3.15. The van der Waals surface area contributed by atoms with Gasteiger partial charge in [-0.2, -0.15) is 0 Å². The Morgan fingerprint density at radius 2 is 1.92 bits per heavy atom. The van der Waals surface area contributed by atoms with E-state index >= 15 is 0 Å². The molecule has 0 aliphatic carbocycles. The van der Waals surface area contributed by atoms with Crippen LogP contribution in [0.2, 0.25) is 0 Å². The van der Waals surface area contributed by atoms with Crippen molar-refractivity contribution in [1.82, 2.24) is 15.3 Å². The first kappa shape index (κ1) is 19.3. The number of nitrogens with zero attached hydrogens (tertiary/aromatic N) is 1. The fraction of sp³-hybridized carbons (Fsp3) is 0.350. The van der Waals surface area contributed by atoms with Crippen molar-refractivity contribution >= 4 is 23.4 Å². The normalized spacial score (nSPS) is 12.2. The van der Waals surface area contributed by atoms with Crippen LogP contribution < -0.4 is 10.1 Å². The lowest BCUT2D eigenvalue weighted by Gasteiger charge is -2.19. The second-order valence-corrected chi connectivity index (χ2v) is 6.30. The van der Waals surface area contributed by atoms with Gasteiger partial charge in [-0.1, -0.05) is 30.3 Å². The van der Waals surface area contributed by atoms with Crippen molar-refractivity contribution in [2.45, 2.75) is 32.3 Å². The van der Waals surface area contributed by atoms with Crippen LogP contribution >= 0.6 is 12.4 Å². The van der Waals surface area contributed by atoms with Crippen LogP contribution in [0.3, 0.4) is 0 Å². The van der Waals surface area contributed by atoms with Crippen LogP contribution in [0.15, 0.2) is 48.8 Å². The van der Waals surface area contributed by atoms with Gasteiger partial charge < -0.3 is 15.0 Å². The van der Waals surface area contributed by atoms with Crippen molar-refractivity contribution in [3.8, 4) is 5.75 Å². The van der Waals surface area contributed by atoms with Crippen molar-refractivity contribution < 1.29 is 4.74 Å². The molecule has 1 aromatic carbocycles. The smallest absolute Gasteiger partial charge is 0.141 e. The molecule has 0 bridgehead atoms. The molecule has 0 radical (unpaired) electrons. The lowest BCUT2D eigenvalue weighted by atomic mass is 9.88. The molecule has 3 aromatic rings. The molecule has 0 amide bonds. The van der Waals surface area contributed by atoms with Gasteiger partial charge in [0.25, 0.3) is 0 Å². The zero-order valence-electron chi connectivity index (χ0n) is 15.0. The number of hydrogen-bond acceptors (Lipinski definition) is 3. The van der Waals surface area contributed by atoms with E-state index in [4.69, 9.17) is 4.74 Å². The van der Waals surface area contributed by atoms with Crippen molar-refractivity contribution in [3.63, 3.8) is 0 Å². The first-order chi connectivity index (χ1) is 11.7. The Bertz CT molecular complexity index is 786. The number of ether oxygens (including phenoxy) is 1. The molecule has 5 heteroatoms. The Morgan fingerprint density at radius 1 is 1.16 bits per heavy atom. The van der Waals surface area contributed by atoms with E-state index < -0.39 is 0 Å². The summed E-state index contributed by atoms with van der Waals surface area (Å²) in [7, 11) is 1.99. The third-order valence-corrected chi connectivity index (χ3v) is 4.19.